The fourth-order valence-electron chi connectivity index (χ4n) is 2.84. The van der Waals surface area contributed by atoms with Crippen molar-refractivity contribution in [3.05, 3.63) is 61.1 Å². The minimum atomic E-state index is -0.652. The number of aliphatic hydroxyl groups is 1. The Balaban J connectivity index is 1.66. The monoisotopic (exact) mass is 419 g/mol. The van der Waals surface area contributed by atoms with Gasteiger partial charge >= 0.3 is 6.01 Å². The number of nitrogens with one attached hydrogen (secondary N) is 1. The van der Waals surface area contributed by atoms with E-state index >= 15 is 0 Å². The van der Waals surface area contributed by atoms with E-state index in [1.165, 1.54) is 6.39 Å². The Morgan fingerprint density at radius 2 is 1.94 bits per heavy atom. The molecule has 9 heteroatoms. The molecule has 2 aromatic heterocycles. The molecule has 0 saturated carbocycles. The van der Waals surface area contributed by atoms with Crippen molar-refractivity contribution in [2.75, 3.05) is 19.0 Å². The summed E-state index contributed by atoms with van der Waals surface area (Å²) in [6, 6.07) is 15.1. The third-order valence-corrected chi connectivity index (χ3v) is 4.26. The number of aliphatic hydroxyl groups excluding tert-OH is 1. The highest BCUT2D eigenvalue weighted by atomic mass is 16.5. The summed E-state index contributed by atoms with van der Waals surface area (Å²) in [4.78, 5) is 17.1. The van der Waals surface area contributed by atoms with Gasteiger partial charge in [-0.05, 0) is 19.1 Å². The fraction of sp³-hybridized carbons (Fsp3) is 0.182. The maximum absolute atomic E-state index is 9.53. The highest BCUT2D eigenvalue weighted by molar-refractivity contribution is 5.71. The molecule has 2 aromatic carbocycles. The number of oxazole rings is 1. The number of hydrogen-bond donors (Lipinski definition) is 2. The molecule has 0 aliphatic rings. The Hall–Kier alpha value is -3.98. The van der Waals surface area contributed by atoms with Crippen LogP contribution in [0.1, 0.15) is 6.92 Å². The van der Waals surface area contributed by atoms with Crippen molar-refractivity contribution >= 4 is 11.6 Å². The SMILES string of the molecule is COc1cc(Nc2nc(OCC(C)O)nc(-c3ccccc3)n2)ccc1-c1cnco1. The summed E-state index contributed by atoms with van der Waals surface area (Å²) >= 11 is 0. The smallest absolute Gasteiger partial charge is 0.321 e. The first-order valence-electron chi connectivity index (χ1n) is 9.58. The number of ether oxygens (including phenoxy) is 2. The first-order valence-corrected chi connectivity index (χ1v) is 9.58. The molecule has 0 radical (unpaired) electrons. The summed E-state index contributed by atoms with van der Waals surface area (Å²) in [6.45, 7) is 1.69. The number of hydrogen-bond acceptors (Lipinski definition) is 9. The van der Waals surface area contributed by atoms with Gasteiger partial charge in [-0.2, -0.15) is 15.0 Å². The van der Waals surface area contributed by atoms with Crippen LogP contribution < -0.4 is 14.8 Å². The van der Waals surface area contributed by atoms with Gasteiger partial charge in [0.05, 0.1) is 25.0 Å². The van der Waals surface area contributed by atoms with Crippen molar-refractivity contribution in [1.82, 2.24) is 19.9 Å². The Labute approximate surface area is 178 Å². The van der Waals surface area contributed by atoms with Gasteiger partial charge in [-0.3, -0.25) is 0 Å². The van der Waals surface area contributed by atoms with Crippen LogP contribution in [0.15, 0.2) is 65.5 Å². The number of anilines is 2. The van der Waals surface area contributed by atoms with E-state index in [0.29, 0.717) is 29.0 Å². The first-order chi connectivity index (χ1) is 15.1. The molecular formula is C22H21N5O4. The van der Waals surface area contributed by atoms with Gasteiger partial charge in [-0.1, -0.05) is 30.3 Å². The van der Waals surface area contributed by atoms with Gasteiger partial charge in [-0.25, -0.2) is 4.98 Å². The minimum Gasteiger partial charge on any atom is -0.496 e. The molecule has 1 atom stereocenters. The molecule has 1 unspecified atom stereocenters. The van der Waals surface area contributed by atoms with E-state index in [-0.39, 0.29) is 12.6 Å². The minimum absolute atomic E-state index is 0.0669. The van der Waals surface area contributed by atoms with Crippen LogP contribution >= 0.6 is 0 Å². The first kappa shape index (κ1) is 20.3. The van der Waals surface area contributed by atoms with Crippen LogP contribution in [-0.2, 0) is 0 Å². The Morgan fingerprint density at radius 3 is 2.65 bits per heavy atom. The van der Waals surface area contributed by atoms with Crippen molar-refractivity contribution in [2.45, 2.75) is 13.0 Å². The molecule has 0 spiro atoms. The average molecular weight is 419 g/mol. The Kier molecular flexibility index (Phi) is 6.04. The zero-order valence-corrected chi connectivity index (χ0v) is 17.0. The zero-order valence-electron chi connectivity index (χ0n) is 17.0. The molecule has 0 aliphatic carbocycles. The molecule has 4 rings (SSSR count). The Bertz CT molecular complexity index is 1130. The van der Waals surface area contributed by atoms with Gasteiger partial charge in [0, 0.05) is 17.3 Å². The molecule has 4 aromatic rings. The highest BCUT2D eigenvalue weighted by Gasteiger charge is 2.13. The maximum atomic E-state index is 9.53. The lowest BCUT2D eigenvalue weighted by Gasteiger charge is -2.12. The fourth-order valence-corrected chi connectivity index (χ4v) is 2.84. The van der Waals surface area contributed by atoms with Crippen molar-refractivity contribution in [1.29, 1.82) is 0 Å². The van der Waals surface area contributed by atoms with Crippen molar-refractivity contribution in [2.24, 2.45) is 0 Å². The van der Waals surface area contributed by atoms with E-state index in [9.17, 15) is 5.11 Å². The van der Waals surface area contributed by atoms with Gasteiger partial charge in [0.2, 0.25) is 5.95 Å². The molecule has 9 nitrogen and oxygen atoms in total. The predicted octanol–water partition coefficient (Wildman–Crippen LogP) is 3.71. The standard InChI is InChI=1S/C22H21N5O4/c1-14(28)12-30-22-26-20(15-6-4-3-5-7-15)25-21(27-22)24-16-8-9-17(18(10-16)29-2)19-11-23-13-31-19/h3-11,13-14,28H,12H2,1-2H3,(H,24,25,26,27). The summed E-state index contributed by atoms with van der Waals surface area (Å²) in [5.74, 6) is 1.95. The van der Waals surface area contributed by atoms with E-state index in [2.05, 4.69) is 25.3 Å². The lowest BCUT2D eigenvalue weighted by atomic mass is 10.1. The van der Waals surface area contributed by atoms with Crippen molar-refractivity contribution in [3.63, 3.8) is 0 Å². The second kappa shape index (κ2) is 9.23. The number of aromatic nitrogens is 4. The van der Waals surface area contributed by atoms with Gasteiger partial charge < -0.3 is 24.3 Å². The third-order valence-electron chi connectivity index (χ3n) is 4.26. The van der Waals surface area contributed by atoms with Crippen LogP contribution in [0.2, 0.25) is 0 Å². The highest BCUT2D eigenvalue weighted by Crippen LogP contribution is 2.33. The Morgan fingerprint density at radius 1 is 1.10 bits per heavy atom. The van der Waals surface area contributed by atoms with Gasteiger partial charge in [0.15, 0.2) is 18.0 Å². The second-order valence-corrected chi connectivity index (χ2v) is 6.70. The van der Waals surface area contributed by atoms with Crippen molar-refractivity contribution < 1.29 is 19.0 Å². The quantitative estimate of drug-likeness (QED) is 0.441. The van der Waals surface area contributed by atoms with Gasteiger partial charge in [-0.15, -0.1) is 0 Å². The molecule has 2 heterocycles. The van der Waals surface area contributed by atoms with Crippen LogP contribution in [0.3, 0.4) is 0 Å². The van der Waals surface area contributed by atoms with E-state index < -0.39 is 6.10 Å². The zero-order chi connectivity index (χ0) is 21.6. The molecule has 31 heavy (non-hydrogen) atoms. The molecule has 0 saturated heterocycles. The topological polar surface area (TPSA) is 115 Å². The number of benzene rings is 2. The normalized spacial score (nSPS) is 11.7. The van der Waals surface area contributed by atoms with Crippen LogP contribution in [0.25, 0.3) is 22.7 Å². The third kappa shape index (κ3) is 4.96. The van der Waals surface area contributed by atoms with Crippen LogP contribution in [0, 0.1) is 0 Å². The van der Waals surface area contributed by atoms with E-state index in [4.69, 9.17) is 13.9 Å². The molecule has 158 valence electrons. The molecule has 0 aliphatic heterocycles. The van der Waals surface area contributed by atoms with Crippen LogP contribution in [-0.4, -0.2) is 44.9 Å². The van der Waals surface area contributed by atoms with Crippen LogP contribution in [0.5, 0.6) is 11.8 Å². The van der Waals surface area contributed by atoms with E-state index in [0.717, 1.165) is 11.1 Å². The number of nitrogens with zero attached hydrogens (tertiary/aromatic N) is 4. The number of methoxy groups -OCH3 is 1. The average Bonchev–Trinajstić information content (AvgIpc) is 3.33. The molecule has 0 amide bonds. The lowest BCUT2D eigenvalue weighted by molar-refractivity contribution is 0.117. The second-order valence-electron chi connectivity index (χ2n) is 6.70. The summed E-state index contributed by atoms with van der Waals surface area (Å²) < 4.78 is 16.4. The molecular weight excluding hydrogens is 398 g/mol. The molecule has 0 bridgehead atoms. The summed E-state index contributed by atoms with van der Waals surface area (Å²) in [7, 11) is 1.58. The van der Waals surface area contributed by atoms with Gasteiger partial charge in [0.1, 0.15) is 12.4 Å². The molecule has 0 fully saturated rings. The summed E-state index contributed by atoms with van der Waals surface area (Å²) in [5, 5.41) is 12.7. The van der Waals surface area contributed by atoms with Crippen molar-refractivity contribution in [3.8, 4) is 34.5 Å². The van der Waals surface area contributed by atoms with Crippen LogP contribution in [0.4, 0.5) is 11.6 Å². The van der Waals surface area contributed by atoms with Gasteiger partial charge in [0.25, 0.3) is 0 Å². The molecule has 2 N–H and O–H groups in total. The van der Waals surface area contributed by atoms with E-state index in [1.807, 2.05) is 42.5 Å². The summed E-state index contributed by atoms with van der Waals surface area (Å²) in [6.07, 6.45) is 2.33. The maximum Gasteiger partial charge on any atom is 0.321 e. The number of rotatable bonds is 8. The largest absolute Gasteiger partial charge is 0.496 e. The van der Waals surface area contributed by atoms with E-state index in [1.54, 1.807) is 26.3 Å². The summed E-state index contributed by atoms with van der Waals surface area (Å²) in [5.41, 5.74) is 2.28. The lowest BCUT2D eigenvalue weighted by Crippen LogP contribution is -2.15. The predicted molar refractivity (Wildman–Crippen MR) is 114 cm³/mol.